The van der Waals surface area contributed by atoms with E-state index < -0.39 is 5.97 Å². The minimum Gasteiger partial charge on any atom is -0.481 e. The van der Waals surface area contributed by atoms with E-state index in [1.54, 1.807) is 0 Å². The molecule has 0 amide bonds. The number of benzene rings is 2. The van der Waals surface area contributed by atoms with Crippen LogP contribution in [0.5, 0.6) is 0 Å². The molecule has 0 aliphatic rings. The summed E-state index contributed by atoms with van der Waals surface area (Å²) in [6, 6.07) is 14.6. The number of fused-ring (bicyclic) bond motifs is 1. The Morgan fingerprint density at radius 1 is 1.00 bits per heavy atom. The van der Waals surface area contributed by atoms with Crippen LogP contribution in [0.1, 0.15) is 24.8 Å². The molecule has 0 saturated carbocycles. The number of carbonyl (C=O) groups is 1. The number of rotatable bonds is 5. The zero-order valence-corrected chi connectivity index (χ0v) is 9.73. The summed E-state index contributed by atoms with van der Waals surface area (Å²) in [5, 5.41) is 11.1. The number of aliphatic carboxylic acids is 1. The van der Waals surface area contributed by atoms with Gasteiger partial charge in [-0.1, -0.05) is 42.5 Å². The van der Waals surface area contributed by atoms with Gasteiger partial charge in [-0.15, -0.1) is 0 Å². The van der Waals surface area contributed by atoms with Gasteiger partial charge in [-0.05, 0) is 35.6 Å². The van der Waals surface area contributed by atoms with Crippen molar-refractivity contribution in [3.8, 4) is 0 Å². The molecule has 0 heterocycles. The topological polar surface area (TPSA) is 37.3 Å². The largest absolute Gasteiger partial charge is 0.481 e. The second-order valence-corrected chi connectivity index (χ2v) is 4.24. The third-order valence-electron chi connectivity index (χ3n) is 2.97. The molecule has 2 nitrogen and oxygen atoms in total. The fourth-order valence-corrected chi connectivity index (χ4v) is 2.10. The molecule has 2 rings (SSSR count). The van der Waals surface area contributed by atoms with Gasteiger partial charge in [0.05, 0.1) is 0 Å². The number of carboxylic acid groups (broad SMARTS) is 1. The third-order valence-corrected chi connectivity index (χ3v) is 2.97. The second kappa shape index (κ2) is 5.48. The Hall–Kier alpha value is -1.83. The molecular formula is C15H16O2. The minimum atomic E-state index is -0.706. The Bertz CT molecular complexity index is 512. The van der Waals surface area contributed by atoms with Crippen molar-refractivity contribution in [1.82, 2.24) is 0 Å². The predicted molar refractivity (Wildman–Crippen MR) is 69.1 cm³/mol. The summed E-state index contributed by atoms with van der Waals surface area (Å²) in [6.07, 6.45) is 2.90. The molecule has 0 spiro atoms. The molecule has 2 aromatic rings. The van der Waals surface area contributed by atoms with E-state index in [4.69, 9.17) is 5.11 Å². The predicted octanol–water partition coefficient (Wildman–Crippen LogP) is 3.64. The molecule has 0 aliphatic heterocycles. The van der Waals surface area contributed by atoms with E-state index in [2.05, 4.69) is 30.3 Å². The summed E-state index contributed by atoms with van der Waals surface area (Å²) in [5.41, 5.74) is 1.31. The monoisotopic (exact) mass is 228 g/mol. The van der Waals surface area contributed by atoms with Crippen molar-refractivity contribution in [2.45, 2.75) is 25.7 Å². The first kappa shape index (κ1) is 11.6. The van der Waals surface area contributed by atoms with Crippen LogP contribution < -0.4 is 0 Å². The number of hydrogen-bond donors (Lipinski definition) is 1. The summed E-state index contributed by atoms with van der Waals surface area (Å²) in [7, 11) is 0. The van der Waals surface area contributed by atoms with E-state index in [1.165, 1.54) is 16.3 Å². The van der Waals surface area contributed by atoms with Crippen LogP contribution in [0, 0.1) is 0 Å². The number of unbranched alkanes of at least 4 members (excludes halogenated alkanes) is 1. The molecule has 2 aromatic carbocycles. The van der Waals surface area contributed by atoms with Gasteiger partial charge in [0.25, 0.3) is 0 Å². The van der Waals surface area contributed by atoms with E-state index in [0.717, 1.165) is 19.3 Å². The van der Waals surface area contributed by atoms with Crippen LogP contribution in [-0.4, -0.2) is 11.1 Å². The molecule has 0 bridgehead atoms. The van der Waals surface area contributed by atoms with E-state index in [-0.39, 0.29) is 6.42 Å². The Balaban J connectivity index is 2.05. The van der Waals surface area contributed by atoms with Crippen molar-refractivity contribution >= 4 is 16.7 Å². The number of carboxylic acids is 1. The van der Waals surface area contributed by atoms with Gasteiger partial charge < -0.3 is 5.11 Å². The van der Waals surface area contributed by atoms with Crippen molar-refractivity contribution in [2.24, 2.45) is 0 Å². The third kappa shape index (κ3) is 3.06. The van der Waals surface area contributed by atoms with Crippen LogP contribution in [0.4, 0.5) is 0 Å². The first-order chi connectivity index (χ1) is 8.27. The lowest BCUT2D eigenvalue weighted by Gasteiger charge is -2.05. The molecular weight excluding hydrogens is 212 g/mol. The van der Waals surface area contributed by atoms with Gasteiger partial charge in [-0.2, -0.15) is 0 Å². The van der Waals surface area contributed by atoms with Gasteiger partial charge in [0.2, 0.25) is 0 Å². The molecule has 2 heteroatoms. The zero-order valence-electron chi connectivity index (χ0n) is 9.73. The Labute approximate surface area is 101 Å². The molecule has 0 unspecified atom stereocenters. The first-order valence-corrected chi connectivity index (χ1v) is 5.96. The zero-order chi connectivity index (χ0) is 12.1. The number of aryl methyl sites for hydroxylation is 1. The van der Waals surface area contributed by atoms with Crippen molar-refractivity contribution < 1.29 is 9.90 Å². The van der Waals surface area contributed by atoms with Crippen LogP contribution in [0.3, 0.4) is 0 Å². The van der Waals surface area contributed by atoms with Gasteiger partial charge >= 0.3 is 5.97 Å². The normalized spacial score (nSPS) is 10.6. The SMILES string of the molecule is O=C(O)CCCCc1cccc2ccccc12. The summed E-state index contributed by atoms with van der Waals surface area (Å²) in [6.45, 7) is 0. The van der Waals surface area contributed by atoms with E-state index in [1.807, 2.05) is 12.1 Å². The lowest BCUT2D eigenvalue weighted by Crippen LogP contribution is -1.95. The highest BCUT2D eigenvalue weighted by atomic mass is 16.4. The molecule has 0 atom stereocenters. The van der Waals surface area contributed by atoms with Crippen molar-refractivity contribution in [2.75, 3.05) is 0 Å². The smallest absolute Gasteiger partial charge is 0.303 e. The van der Waals surface area contributed by atoms with Crippen molar-refractivity contribution in [1.29, 1.82) is 0 Å². The summed E-state index contributed by atoms with van der Waals surface area (Å²) in [5.74, 6) is -0.706. The average Bonchev–Trinajstić information content (AvgIpc) is 2.34. The summed E-state index contributed by atoms with van der Waals surface area (Å²) >= 11 is 0. The maximum Gasteiger partial charge on any atom is 0.303 e. The quantitative estimate of drug-likeness (QED) is 0.793. The van der Waals surface area contributed by atoms with Crippen molar-refractivity contribution in [3.05, 3.63) is 48.0 Å². The van der Waals surface area contributed by atoms with E-state index >= 15 is 0 Å². The van der Waals surface area contributed by atoms with E-state index in [0.29, 0.717) is 0 Å². The fourth-order valence-electron chi connectivity index (χ4n) is 2.10. The molecule has 0 fully saturated rings. The van der Waals surface area contributed by atoms with Crippen LogP contribution in [0.25, 0.3) is 10.8 Å². The fraction of sp³-hybridized carbons (Fsp3) is 0.267. The highest BCUT2D eigenvalue weighted by Gasteiger charge is 2.01. The molecule has 0 aromatic heterocycles. The van der Waals surface area contributed by atoms with Crippen molar-refractivity contribution in [3.63, 3.8) is 0 Å². The van der Waals surface area contributed by atoms with Gasteiger partial charge in [0.15, 0.2) is 0 Å². The Morgan fingerprint density at radius 2 is 1.76 bits per heavy atom. The highest BCUT2D eigenvalue weighted by molar-refractivity contribution is 5.85. The van der Waals surface area contributed by atoms with Gasteiger partial charge in [-0.25, -0.2) is 0 Å². The Kier molecular flexibility index (Phi) is 3.76. The van der Waals surface area contributed by atoms with Gasteiger partial charge in [0.1, 0.15) is 0 Å². The van der Waals surface area contributed by atoms with E-state index in [9.17, 15) is 4.79 Å². The first-order valence-electron chi connectivity index (χ1n) is 5.96. The summed E-state index contributed by atoms with van der Waals surface area (Å²) in [4.78, 5) is 10.4. The number of hydrogen-bond acceptors (Lipinski definition) is 1. The molecule has 1 N–H and O–H groups in total. The second-order valence-electron chi connectivity index (χ2n) is 4.24. The summed E-state index contributed by atoms with van der Waals surface area (Å²) < 4.78 is 0. The Morgan fingerprint density at radius 3 is 2.59 bits per heavy atom. The van der Waals surface area contributed by atoms with Crippen LogP contribution in [-0.2, 0) is 11.2 Å². The maximum atomic E-state index is 10.4. The molecule has 0 radical (unpaired) electrons. The molecule has 88 valence electrons. The van der Waals surface area contributed by atoms with Crippen LogP contribution in [0.2, 0.25) is 0 Å². The standard InChI is InChI=1S/C15H16O2/c16-15(17)11-4-2-7-13-9-5-8-12-6-1-3-10-14(12)13/h1,3,5-6,8-10H,2,4,7,11H2,(H,16,17). The average molecular weight is 228 g/mol. The molecule has 0 aliphatic carbocycles. The molecule has 0 saturated heterocycles. The van der Waals surface area contributed by atoms with Crippen LogP contribution in [0.15, 0.2) is 42.5 Å². The minimum absolute atomic E-state index is 0.269. The lowest BCUT2D eigenvalue weighted by molar-refractivity contribution is -0.137. The molecule has 17 heavy (non-hydrogen) atoms. The van der Waals surface area contributed by atoms with Gasteiger partial charge in [-0.3, -0.25) is 4.79 Å². The lowest BCUT2D eigenvalue weighted by atomic mass is 10.00. The highest BCUT2D eigenvalue weighted by Crippen LogP contribution is 2.20. The van der Waals surface area contributed by atoms with Gasteiger partial charge in [0, 0.05) is 6.42 Å². The maximum absolute atomic E-state index is 10.4. The van der Waals surface area contributed by atoms with Crippen LogP contribution >= 0.6 is 0 Å².